The van der Waals surface area contributed by atoms with Gasteiger partial charge >= 0.3 is 0 Å². The Labute approximate surface area is 109 Å². The lowest BCUT2D eigenvalue weighted by molar-refractivity contribution is 0.475. The van der Waals surface area contributed by atoms with Crippen molar-refractivity contribution in [3.05, 3.63) is 73.3 Å². The van der Waals surface area contributed by atoms with Crippen LogP contribution in [0.2, 0.25) is 0 Å². The molecule has 0 saturated carbocycles. The highest BCUT2D eigenvalue weighted by atomic mass is 16.3. The van der Waals surface area contributed by atoms with Gasteiger partial charge in [0.1, 0.15) is 11.5 Å². The van der Waals surface area contributed by atoms with E-state index in [1.54, 1.807) is 48.5 Å². The van der Waals surface area contributed by atoms with Gasteiger partial charge in [0.25, 0.3) is 0 Å². The van der Waals surface area contributed by atoms with Crippen molar-refractivity contribution in [2.75, 3.05) is 0 Å². The fraction of sp³-hybridized carbons (Fsp3) is 0.125. The number of rotatable bonds is 1. The van der Waals surface area contributed by atoms with Crippen molar-refractivity contribution in [2.24, 2.45) is 0 Å². The van der Waals surface area contributed by atoms with Crippen LogP contribution >= 0.6 is 0 Å². The van der Waals surface area contributed by atoms with Crippen molar-refractivity contribution >= 4 is 0 Å². The van der Waals surface area contributed by atoms with E-state index in [1.807, 2.05) is 18.2 Å². The molecule has 0 amide bonds. The first-order valence-electron chi connectivity index (χ1n) is 5.79. The van der Waals surface area contributed by atoms with Gasteiger partial charge in [0.2, 0.25) is 0 Å². The van der Waals surface area contributed by atoms with Crippen LogP contribution in [0.1, 0.15) is 13.3 Å². The minimum absolute atomic E-state index is 0.322. The summed E-state index contributed by atoms with van der Waals surface area (Å²) in [4.78, 5) is 0. The molecule has 0 saturated heterocycles. The van der Waals surface area contributed by atoms with Crippen LogP contribution in [-0.4, -0.2) is 10.2 Å². The number of phenols is 2. The molecular formula is C16H20O2. The first kappa shape index (κ1) is 15.8. The lowest BCUT2D eigenvalue weighted by Crippen LogP contribution is -1.56. The molecule has 0 aromatic heterocycles. The number of aromatic hydroxyl groups is 2. The van der Waals surface area contributed by atoms with Crippen LogP contribution in [0.25, 0.3) is 0 Å². The van der Waals surface area contributed by atoms with E-state index in [-0.39, 0.29) is 0 Å². The maximum atomic E-state index is 8.63. The van der Waals surface area contributed by atoms with Crippen LogP contribution in [0.15, 0.2) is 73.3 Å². The fourth-order valence-corrected chi connectivity index (χ4v) is 0.856. The summed E-state index contributed by atoms with van der Waals surface area (Å²) in [5.74, 6) is 0.644. The van der Waals surface area contributed by atoms with E-state index in [1.165, 1.54) is 0 Å². The van der Waals surface area contributed by atoms with Gasteiger partial charge in [0, 0.05) is 0 Å². The molecule has 2 rings (SSSR count). The average Bonchev–Trinajstić information content (AvgIpc) is 2.41. The Balaban J connectivity index is 0.000000253. The smallest absolute Gasteiger partial charge is 0.115 e. The molecule has 2 N–H and O–H groups in total. The molecule has 2 heteroatoms. The summed E-state index contributed by atoms with van der Waals surface area (Å²) in [6.45, 7) is 5.54. The first-order valence-corrected chi connectivity index (χ1v) is 5.79. The van der Waals surface area contributed by atoms with Crippen LogP contribution in [0.5, 0.6) is 11.5 Å². The largest absolute Gasteiger partial charge is 0.508 e. The third kappa shape index (κ3) is 10.3. The van der Waals surface area contributed by atoms with Crippen molar-refractivity contribution in [2.45, 2.75) is 13.3 Å². The summed E-state index contributed by atoms with van der Waals surface area (Å²) in [6, 6.07) is 17.4. The highest BCUT2D eigenvalue weighted by Gasteiger charge is 1.75. The van der Waals surface area contributed by atoms with E-state index < -0.39 is 0 Å². The zero-order valence-electron chi connectivity index (χ0n) is 10.7. The van der Waals surface area contributed by atoms with Crippen molar-refractivity contribution in [3.63, 3.8) is 0 Å². The molecule has 0 aliphatic carbocycles. The summed E-state index contributed by atoms with van der Waals surface area (Å²) in [6.07, 6.45) is 2.96. The number of hydrogen-bond donors (Lipinski definition) is 2. The Bertz CT molecular complexity index is 358. The van der Waals surface area contributed by atoms with Gasteiger partial charge in [0.05, 0.1) is 0 Å². The van der Waals surface area contributed by atoms with Crippen LogP contribution in [-0.2, 0) is 0 Å². The first-order chi connectivity index (χ1) is 8.70. The molecule has 0 aliphatic rings. The van der Waals surface area contributed by atoms with Gasteiger partial charge in [-0.1, -0.05) is 49.4 Å². The van der Waals surface area contributed by atoms with E-state index >= 15 is 0 Å². The second kappa shape index (κ2) is 11.3. The molecule has 2 nitrogen and oxygen atoms in total. The molecule has 0 atom stereocenters. The molecule has 0 heterocycles. The summed E-state index contributed by atoms with van der Waals surface area (Å²) in [7, 11) is 0. The Morgan fingerprint density at radius 1 is 0.833 bits per heavy atom. The minimum Gasteiger partial charge on any atom is -0.508 e. The SMILES string of the molecule is C=CCC.Oc1ccccc1.Oc1ccccc1. The Kier molecular flexibility index (Phi) is 9.88. The van der Waals surface area contributed by atoms with Gasteiger partial charge in [0.15, 0.2) is 0 Å². The molecule has 2 aromatic rings. The molecule has 0 fully saturated rings. The van der Waals surface area contributed by atoms with Gasteiger partial charge in [-0.05, 0) is 30.7 Å². The standard InChI is InChI=1S/2C6H6O.C4H8/c2*7-6-4-2-1-3-5-6;1-3-4-2/h2*1-5,7H;3H,1,4H2,2H3. The van der Waals surface area contributed by atoms with Gasteiger partial charge in [-0.15, -0.1) is 6.58 Å². The quantitative estimate of drug-likeness (QED) is 0.731. The van der Waals surface area contributed by atoms with Gasteiger partial charge in [-0.3, -0.25) is 0 Å². The highest BCUT2D eigenvalue weighted by molar-refractivity contribution is 5.19. The van der Waals surface area contributed by atoms with Gasteiger partial charge in [-0.25, -0.2) is 0 Å². The number of allylic oxidation sites excluding steroid dienone is 1. The Morgan fingerprint density at radius 3 is 1.22 bits per heavy atom. The van der Waals surface area contributed by atoms with Gasteiger partial charge < -0.3 is 10.2 Å². The maximum Gasteiger partial charge on any atom is 0.115 e. The number of benzene rings is 2. The molecule has 0 radical (unpaired) electrons. The van der Waals surface area contributed by atoms with Crippen LogP contribution in [0, 0.1) is 0 Å². The normalized spacial score (nSPS) is 8.06. The zero-order chi connectivity index (χ0) is 13.6. The summed E-state index contributed by atoms with van der Waals surface area (Å²) in [5, 5.41) is 17.3. The molecule has 18 heavy (non-hydrogen) atoms. The summed E-state index contributed by atoms with van der Waals surface area (Å²) >= 11 is 0. The third-order valence-corrected chi connectivity index (χ3v) is 1.80. The summed E-state index contributed by atoms with van der Waals surface area (Å²) in [5.41, 5.74) is 0. The van der Waals surface area contributed by atoms with Crippen molar-refractivity contribution in [1.29, 1.82) is 0 Å². The maximum absolute atomic E-state index is 8.63. The lowest BCUT2D eigenvalue weighted by Gasteiger charge is -1.82. The molecule has 2 aromatic carbocycles. The Hall–Kier alpha value is -2.22. The molecule has 0 unspecified atom stereocenters. The van der Waals surface area contributed by atoms with E-state index in [0.29, 0.717) is 11.5 Å². The number of para-hydroxylation sites is 2. The van der Waals surface area contributed by atoms with E-state index in [4.69, 9.17) is 10.2 Å². The minimum atomic E-state index is 0.322. The van der Waals surface area contributed by atoms with Crippen LogP contribution in [0.3, 0.4) is 0 Å². The molecule has 0 spiro atoms. The summed E-state index contributed by atoms with van der Waals surface area (Å²) < 4.78 is 0. The predicted molar refractivity (Wildman–Crippen MR) is 76.7 cm³/mol. The van der Waals surface area contributed by atoms with Crippen LogP contribution < -0.4 is 0 Å². The monoisotopic (exact) mass is 244 g/mol. The van der Waals surface area contributed by atoms with Crippen molar-refractivity contribution in [1.82, 2.24) is 0 Å². The topological polar surface area (TPSA) is 40.5 Å². The molecular weight excluding hydrogens is 224 g/mol. The molecule has 0 bridgehead atoms. The predicted octanol–water partition coefficient (Wildman–Crippen LogP) is 4.37. The van der Waals surface area contributed by atoms with E-state index in [9.17, 15) is 0 Å². The van der Waals surface area contributed by atoms with Gasteiger partial charge in [-0.2, -0.15) is 0 Å². The highest BCUT2D eigenvalue weighted by Crippen LogP contribution is 2.03. The third-order valence-electron chi connectivity index (χ3n) is 1.80. The second-order valence-corrected chi connectivity index (χ2v) is 3.37. The van der Waals surface area contributed by atoms with E-state index in [2.05, 4.69) is 13.5 Å². The fourth-order valence-electron chi connectivity index (χ4n) is 0.856. The zero-order valence-corrected chi connectivity index (χ0v) is 10.7. The lowest BCUT2D eigenvalue weighted by atomic mass is 10.3. The van der Waals surface area contributed by atoms with E-state index in [0.717, 1.165) is 6.42 Å². The molecule has 96 valence electrons. The number of phenolic OH excluding ortho intramolecular Hbond substituents is 2. The second-order valence-electron chi connectivity index (χ2n) is 3.37. The molecule has 0 aliphatic heterocycles. The van der Waals surface area contributed by atoms with Crippen molar-refractivity contribution in [3.8, 4) is 11.5 Å². The Morgan fingerprint density at radius 2 is 1.11 bits per heavy atom. The number of hydrogen-bond acceptors (Lipinski definition) is 2. The average molecular weight is 244 g/mol. The van der Waals surface area contributed by atoms with Crippen LogP contribution in [0.4, 0.5) is 0 Å². The van der Waals surface area contributed by atoms with Crippen molar-refractivity contribution < 1.29 is 10.2 Å².